The fourth-order valence-electron chi connectivity index (χ4n) is 0.609. The van der Waals surface area contributed by atoms with Crippen molar-refractivity contribution in [2.75, 3.05) is 13.2 Å². The molecule has 0 aliphatic rings. The first-order valence-corrected chi connectivity index (χ1v) is 5.50. The van der Waals surface area contributed by atoms with Crippen molar-refractivity contribution < 1.29 is 33.7 Å². The van der Waals surface area contributed by atoms with Gasteiger partial charge in [-0.1, -0.05) is 0 Å². The van der Waals surface area contributed by atoms with Crippen molar-refractivity contribution in [2.24, 2.45) is 0 Å². The maximum absolute atomic E-state index is 10.9. The van der Waals surface area contributed by atoms with Crippen molar-refractivity contribution in [1.82, 2.24) is 0 Å². The van der Waals surface area contributed by atoms with Gasteiger partial charge in [0.05, 0.1) is 13.2 Å². The quantitative estimate of drug-likeness (QED) is 0.457. The van der Waals surface area contributed by atoms with E-state index in [0.29, 0.717) is 11.8 Å². The first kappa shape index (κ1) is 15.3. The zero-order valence-corrected chi connectivity index (χ0v) is 10.1. The van der Waals surface area contributed by atoms with Crippen LogP contribution < -0.4 is 0 Å². The van der Waals surface area contributed by atoms with Crippen LogP contribution in [0.5, 0.6) is 0 Å². The van der Waals surface area contributed by atoms with Crippen LogP contribution in [0.15, 0.2) is 11.2 Å². The normalized spacial score (nSPS) is 10.6. The van der Waals surface area contributed by atoms with Gasteiger partial charge < -0.3 is 19.3 Å². The summed E-state index contributed by atoms with van der Waals surface area (Å²) in [5, 5.41) is 8.83. The number of carboxylic acid groups (broad SMARTS) is 1. The highest BCUT2D eigenvalue weighted by atomic mass is 32.2. The van der Waals surface area contributed by atoms with E-state index < -0.39 is 23.2 Å². The Bertz CT molecular complexity index is 323. The van der Waals surface area contributed by atoms with Crippen LogP contribution in [-0.2, 0) is 19.0 Å². The number of aliphatic carboxylic acids is 1. The van der Waals surface area contributed by atoms with Gasteiger partial charge in [0.25, 0.3) is 0 Å². The molecule has 0 unspecified atom stereocenters. The summed E-state index contributed by atoms with van der Waals surface area (Å²) in [6.07, 6.45) is -1.15. The van der Waals surface area contributed by atoms with Crippen LogP contribution in [0.3, 0.4) is 0 Å². The largest absolute Gasteiger partial charge is 0.514 e. The van der Waals surface area contributed by atoms with Crippen LogP contribution in [0.4, 0.5) is 9.59 Å². The van der Waals surface area contributed by atoms with E-state index >= 15 is 0 Å². The standard InChI is InChI=1S/C9H12O7S/c1-3-14-8(12)16-6(7(10)11)5-17-9(13)15-4-2/h5H,3-4H2,1-2H3,(H,10,11). The number of carbonyl (C=O) groups excluding carboxylic acids is 2. The second-order valence-electron chi connectivity index (χ2n) is 2.37. The Labute approximate surface area is 102 Å². The fourth-order valence-corrected chi connectivity index (χ4v) is 1.15. The van der Waals surface area contributed by atoms with E-state index in [-0.39, 0.29) is 13.2 Å². The molecule has 0 heterocycles. The van der Waals surface area contributed by atoms with Crippen molar-refractivity contribution in [3.63, 3.8) is 0 Å². The van der Waals surface area contributed by atoms with Gasteiger partial charge in [-0.3, -0.25) is 0 Å². The molecule has 0 aliphatic heterocycles. The molecule has 0 aromatic heterocycles. The van der Waals surface area contributed by atoms with Gasteiger partial charge in [-0.15, -0.1) is 0 Å². The van der Waals surface area contributed by atoms with Gasteiger partial charge in [0.1, 0.15) is 0 Å². The summed E-state index contributed by atoms with van der Waals surface area (Å²) in [5.41, 5.74) is 0. The number of carboxylic acids is 1. The van der Waals surface area contributed by atoms with E-state index in [9.17, 15) is 14.4 Å². The Balaban J connectivity index is 4.42. The van der Waals surface area contributed by atoms with E-state index in [0.717, 1.165) is 5.41 Å². The van der Waals surface area contributed by atoms with Crippen LogP contribution in [0, 0.1) is 0 Å². The van der Waals surface area contributed by atoms with Crippen molar-refractivity contribution in [1.29, 1.82) is 0 Å². The second-order valence-corrected chi connectivity index (χ2v) is 3.18. The van der Waals surface area contributed by atoms with E-state index in [1.807, 2.05) is 0 Å². The molecule has 0 atom stereocenters. The molecule has 0 spiro atoms. The molecular weight excluding hydrogens is 252 g/mol. The van der Waals surface area contributed by atoms with Gasteiger partial charge >= 0.3 is 17.4 Å². The molecule has 17 heavy (non-hydrogen) atoms. The van der Waals surface area contributed by atoms with Crippen molar-refractivity contribution >= 4 is 29.2 Å². The summed E-state index contributed by atoms with van der Waals surface area (Å²) in [7, 11) is 0. The average Bonchev–Trinajstić information content (AvgIpc) is 2.24. The van der Waals surface area contributed by atoms with E-state index in [2.05, 4.69) is 14.2 Å². The van der Waals surface area contributed by atoms with Crippen molar-refractivity contribution in [3.8, 4) is 0 Å². The summed E-state index contributed by atoms with van der Waals surface area (Å²) >= 11 is 0.461. The summed E-state index contributed by atoms with van der Waals surface area (Å²) < 4.78 is 13.3. The molecule has 0 rings (SSSR count). The Kier molecular flexibility index (Phi) is 7.61. The first-order valence-electron chi connectivity index (χ1n) is 4.62. The topological polar surface area (TPSA) is 99.1 Å². The van der Waals surface area contributed by atoms with Crippen LogP contribution in [-0.4, -0.2) is 35.7 Å². The lowest BCUT2D eigenvalue weighted by Crippen LogP contribution is -2.12. The van der Waals surface area contributed by atoms with Gasteiger partial charge in [-0.2, -0.15) is 0 Å². The van der Waals surface area contributed by atoms with E-state index in [1.54, 1.807) is 13.8 Å². The third-order valence-electron chi connectivity index (χ3n) is 1.19. The molecule has 0 bridgehead atoms. The smallest absolute Gasteiger partial charge is 0.475 e. The number of hydrogen-bond donors (Lipinski definition) is 1. The third-order valence-corrected chi connectivity index (χ3v) is 1.83. The molecule has 0 radical (unpaired) electrons. The molecule has 1 N–H and O–H groups in total. The Morgan fingerprint density at radius 2 is 1.76 bits per heavy atom. The maximum atomic E-state index is 10.9. The molecule has 0 aliphatic carbocycles. The molecule has 8 heteroatoms. The lowest BCUT2D eigenvalue weighted by molar-refractivity contribution is -0.136. The van der Waals surface area contributed by atoms with Crippen LogP contribution in [0.2, 0.25) is 0 Å². The molecule has 0 aromatic rings. The molecular formula is C9H12O7S. The highest BCUT2D eigenvalue weighted by Gasteiger charge is 2.16. The molecule has 0 aromatic carbocycles. The Hall–Kier alpha value is -1.70. The monoisotopic (exact) mass is 264 g/mol. The molecule has 0 saturated heterocycles. The Morgan fingerprint density at radius 1 is 1.18 bits per heavy atom. The molecule has 7 nitrogen and oxygen atoms in total. The van der Waals surface area contributed by atoms with Crippen LogP contribution in [0.25, 0.3) is 0 Å². The zero-order valence-electron chi connectivity index (χ0n) is 9.30. The van der Waals surface area contributed by atoms with Gasteiger partial charge in [-0.25, -0.2) is 14.4 Å². The van der Waals surface area contributed by atoms with Gasteiger partial charge in [-0.05, 0) is 25.6 Å². The predicted molar refractivity (Wildman–Crippen MR) is 58.4 cm³/mol. The van der Waals surface area contributed by atoms with Crippen LogP contribution >= 0.6 is 11.8 Å². The first-order chi connectivity index (χ1) is 8.01. The van der Waals surface area contributed by atoms with Gasteiger partial charge in [0.2, 0.25) is 5.76 Å². The number of hydrogen-bond acceptors (Lipinski definition) is 7. The van der Waals surface area contributed by atoms with Crippen LogP contribution in [0.1, 0.15) is 13.8 Å². The summed E-state index contributed by atoms with van der Waals surface area (Å²) in [6, 6.07) is 0. The minimum absolute atomic E-state index is 0.0523. The lowest BCUT2D eigenvalue weighted by atomic mass is 10.6. The molecule has 96 valence electrons. The SMILES string of the molecule is CCOC(=O)OC(=CSC(=O)OCC)C(=O)O. The number of ether oxygens (including phenoxy) is 3. The number of rotatable bonds is 5. The minimum atomic E-state index is -1.49. The zero-order chi connectivity index (χ0) is 13.3. The minimum Gasteiger partial charge on any atom is -0.475 e. The highest BCUT2D eigenvalue weighted by molar-refractivity contribution is 8.15. The summed E-state index contributed by atoms with van der Waals surface area (Å²) in [4.78, 5) is 32.4. The van der Waals surface area contributed by atoms with Gasteiger partial charge in [0, 0.05) is 5.41 Å². The highest BCUT2D eigenvalue weighted by Crippen LogP contribution is 2.12. The third kappa shape index (κ3) is 7.23. The van der Waals surface area contributed by atoms with E-state index in [1.165, 1.54) is 0 Å². The summed E-state index contributed by atoms with van der Waals surface area (Å²) in [5.74, 6) is -2.20. The molecule has 0 amide bonds. The second kappa shape index (κ2) is 8.45. The number of thioether (sulfide) groups is 1. The molecule has 0 fully saturated rings. The van der Waals surface area contributed by atoms with E-state index in [4.69, 9.17) is 5.11 Å². The van der Waals surface area contributed by atoms with Gasteiger partial charge in [0.15, 0.2) is 0 Å². The Morgan fingerprint density at radius 3 is 2.24 bits per heavy atom. The van der Waals surface area contributed by atoms with Crippen molar-refractivity contribution in [3.05, 3.63) is 11.2 Å². The summed E-state index contributed by atoms with van der Waals surface area (Å²) in [6.45, 7) is 3.37. The lowest BCUT2D eigenvalue weighted by Gasteiger charge is -2.04. The fraction of sp³-hybridized carbons (Fsp3) is 0.444. The molecule has 0 saturated carbocycles. The average molecular weight is 264 g/mol. The maximum Gasteiger partial charge on any atom is 0.514 e. The van der Waals surface area contributed by atoms with Crippen molar-refractivity contribution in [2.45, 2.75) is 13.8 Å². The predicted octanol–water partition coefficient (Wildman–Crippen LogP) is 1.98. The number of carbonyl (C=O) groups is 3.